The molecular formula is C11H10ClNO. The van der Waals surface area contributed by atoms with Crippen LogP contribution in [0.1, 0.15) is 23.8 Å². The van der Waals surface area contributed by atoms with Crippen molar-refractivity contribution in [3.8, 4) is 0 Å². The van der Waals surface area contributed by atoms with Gasteiger partial charge in [0.25, 0.3) is 0 Å². The van der Waals surface area contributed by atoms with Crippen LogP contribution >= 0.6 is 11.6 Å². The Hall–Kier alpha value is -1.28. The first-order valence-corrected chi connectivity index (χ1v) is 4.90. The number of halogens is 1. The summed E-state index contributed by atoms with van der Waals surface area (Å²) in [6, 6.07) is 7.45. The third-order valence-corrected chi connectivity index (χ3v) is 2.54. The van der Waals surface area contributed by atoms with E-state index in [2.05, 4.69) is 4.98 Å². The van der Waals surface area contributed by atoms with Crippen molar-refractivity contribution in [2.75, 3.05) is 0 Å². The fraction of sp³-hybridized carbons (Fsp3) is 0.182. The largest absolute Gasteiger partial charge is 0.351 e. The zero-order valence-corrected chi connectivity index (χ0v) is 8.56. The third kappa shape index (κ3) is 1.42. The van der Waals surface area contributed by atoms with Crippen molar-refractivity contribution in [2.45, 2.75) is 13.3 Å². The summed E-state index contributed by atoms with van der Waals surface area (Å²) in [6.07, 6.45) is 0.504. The van der Waals surface area contributed by atoms with Crippen LogP contribution in [0.4, 0.5) is 0 Å². The minimum Gasteiger partial charge on any atom is -0.351 e. The molecule has 0 spiro atoms. The molecule has 0 aliphatic carbocycles. The molecule has 3 heteroatoms. The van der Waals surface area contributed by atoms with E-state index >= 15 is 0 Å². The van der Waals surface area contributed by atoms with E-state index in [0.29, 0.717) is 17.1 Å². The molecule has 0 atom stereocenters. The van der Waals surface area contributed by atoms with Gasteiger partial charge in [0.05, 0.1) is 16.2 Å². The maximum absolute atomic E-state index is 11.4. The molecule has 2 rings (SSSR count). The number of carbonyl (C=O) groups is 1. The summed E-state index contributed by atoms with van der Waals surface area (Å²) in [5.41, 5.74) is 1.47. The second-order valence-electron chi connectivity index (χ2n) is 3.16. The number of para-hydroxylation sites is 1. The molecule has 14 heavy (non-hydrogen) atoms. The van der Waals surface area contributed by atoms with Crippen molar-refractivity contribution in [3.63, 3.8) is 0 Å². The standard InChI is InChI=1S/C11H10ClNO/c1-2-10(14)9-6-7-4-3-5-8(12)11(7)13-9/h3-6,13H,2H2,1H3. The number of nitrogens with one attached hydrogen (secondary N) is 1. The normalized spacial score (nSPS) is 10.7. The monoisotopic (exact) mass is 207 g/mol. The van der Waals surface area contributed by atoms with Crippen LogP contribution in [-0.2, 0) is 0 Å². The summed E-state index contributed by atoms with van der Waals surface area (Å²) >= 11 is 5.98. The summed E-state index contributed by atoms with van der Waals surface area (Å²) in [4.78, 5) is 14.5. The fourth-order valence-electron chi connectivity index (χ4n) is 1.46. The van der Waals surface area contributed by atoms with Crippen molar-refractivity contribution in [1.29, 1.82) is 0 Å². The number of hydrogen-bond donors (Lipinski definition) is 1. The van der Waals surface area contributed by atoms with E-state index in [1.807, 2.05) is 25.1 Å². The van der Waals surface area contributed by atoms with Crippen LogP contribution in [0.5, 0.6) is 0 Å². The highest BCUT2D eigenvalue weighted by atomic mass is 35.5. The van der Waals surface area contributed by atoms with Gasteiger partial charge in [0, 0.05) is 11.8 Å². The number of hydrogen-bond acceptors (Lipinski definition) is 1. The zero-order valence-electron chi connectivity index (χ0n) is 7.80. The Bertz CT molecular complexity index is 487. The number of aromatic amines is 1. The predicted octanol–water partition coefficient (Wildman–Crippen LogP) is 3.41. The van der Waals surface area contributed by atoms with Crippen LogP contribution in [0.15, 0.2) is 24.3 Å². The lowest BCUT2D eigenvalue weighted by atomic mass is 10.2. The molecule has 72 valence electrons. The molecule has 1 heterocycles. The van der Waals surface area contributed by atoms with Gasteiger partial charge in [-0.05, 0) is 12.1 Å². The summed E-state index contributed by atoms with van der Waals surface area (Å²) in [6.45, 7) is 1.84. The van der Waals surface area contributed by atoms with Crippen molar-refractivity contribution in [3.05, 3.63) is 35.0 Å². The number of H-pyrrole nitrogens is 1. The minimum absolute atomic E-state index is 0.109. The second kappa shape index (κ2) is 3.46. The average molecular weight is 208 g/mol. The van der Waals surface area contributed by atoms with Crippen molar-refractivity contribution in [1.82, 2.24) is 4.98 Å². The van der Waals surface area contributed by atoms with Gasteiger partial charge in [-0.25, -0.2) is 0 Å². The molecule has 1 aromatic heterocycles. The number of Topliss-reactive ketones (excluding diaryl/α,β-unsaturated/α-hetero) is 1. The number of carbonyl (C=O) groups excluding carboxylic acids is 1. The van der Waals surface area contributed by atoms with E-state index in [9.17, 15) is 4.79 Å². The number of rotatable bonds is 2. The van der Waals surface area contributed by atoms with Crippen LogP contribution in [-0.4, -0.2) is 10.8 Å². The Morgan fingerprint density at radius 1 is 1.50 bits per heavy atom. The van der Waals surface area contributed by atoms with Crippen molar-refractivity contribution >= 4 is 28.3 Å². The number of fused-ring (bicyclic) bond motifs is 1. The lowest BCUT2D eigenvalue weighted by Gasteiger charge is -1.91. The molecule has 0 fully saturated rings. The van der Waals surface area contributed by atoms with Gasteiger partial charge in [0.2, 0.25) is 0 Å². The summed E-state index contributed by atoms with van der Waals surface area (Å²) in [7, 11) is 0. The van der Waals surface area contributed by atoms with Crippen LogP contribution in [0.2, 0.25) is 5.02 Å². The lowest BCUT2D eigenvalue weighted by Crippen LogP contribution is -1.95. The minimum atomic E-state index is 0.109. The van der Waals surface area contributed by atoms with Gasteiger partial charge in [-0.3, -0.25) is 4.79 Å². The average Bonchev–Trinajstić information content (AvgIpc) is 2.62. The second-order valence-corrected chi connectivity index (χ2v) is 3.57. The highest BCUT2D eigenvalue weighted by Gasteiger charge is 2.08. The van der Waals surface area contributed by atoms with Gasteiger partial charge in [-0.15, -0.1) is 0 Å². The molecule has 0 radical (unpaired) electrons. The van der Waals surface area contributed by atoms with E-state index in [1.165, 1.54) is 0 Å². The van der Waals surface area contributed by atoms with E-state index < -0.39 is 0 Å². The first kappa shape index (κ1) is 9.28. The highest BCUT2D eigenvalue weighted by molar-refractivity contribution is 6.35. The van der Waals surface area contributed by atoms with Crippen molar-refractivity contribution < 1.29 is 4.79 Å². The zero-order chi connectivity index (χ0) is 10.1. The SMILES string of the molecule is CCC(=O)c1cc2cccc(Cl)c2[nH]1. The Morgan fingerprint density at radius 3 is 2.93 bits per heavy atom. The topological polar surface area (TPSA) is 32.9 Å². The van der Waals surface area contributed by atoms with Gasteiger partial charge in [0.1, 0.15) is 0 Å². The Morgan fingerprint density at radius 2 is 2.29 bits per heavy atom. The van der Waals surface area contributed by atoms with Gasteiger partial charge >= 0.3 is 0 Å². The van der Waals surface area contributed by atoms with E-state index in [0.717, 1.165) is 10.9 Å². The molecule has 0 bridgehead atoms. The number of aromatic nitrogens is 1. The first-order valence-electron chi connectivity index (χ1n) is 4.53. The molecule has 0 aliphatic rings. The molecule has 0 amide bonds. The molecule has 1 N–H and O–H groups in total. The molecule has 0 aliphatic heterocycles. The molecule has 0 saturated heterocycles. The Balaban J connectivity index is 2.62. The van der Waals surface area contributed by atoms with Gasteiger partial charge in [-0.2, -0.15) is 0 Å². The third-order valence-electron chi connectivity index (χ3n) is 2.23. The molecule has 0 saturated carbocycles. The molecular weight excluding hydrogens is 198 g/mol. The lowest BCUT2D eigenvalue weighted by molar-refractivity contribution is 0.0984. The van der Waals surface area contributed by atoms with E-state index in [1.54, 1.807) is 6.07 Å². The Labute approximate surface area is 86.9 Å². The van der Waals surface area contributed by atoms with Crippen molar-refractivity contribution in [2.24, 2.45) is 0 Å². The van der Waals surface area contributed by atoms with Crippen LogP contribution < -0.4 is 0 Å². The maximum atomic E-state index is 11.4. The molecule has 1 aromatic carbocycles. The smallest absolute Gasteiger partial charge is 0.178 e. The number of benzene rings is 1. The van der Waals surface area contributed by atoms with Gasteiger partial charge in [0.15, 0.2) is 5.78 Å². The molecule has 2 nitrogen and oxygen atoms in total. The summed E-state index contributed by atoms with van der Waals surface area (Å²) in [5, 5.41) is 1.63. The predicted molar refractivity (Wildman–Crippen MR) is 57.9 cm³/mol. The van der Waals surface area contributed by atoms with Crippen LogP contribution in [0, 0.1) is 0 Å². The molecule has 0 unspecified atom stereocenters. The quantitative estimate of drug-likeness (QED) is 0.753. The maximum Gasteiger partial charge on any atom is 0.178 e. The van der Waals surface area contributed by atoms with Gasteiger partial charge in [-0.1, -0.05) is 30.7 Å². The van der Waals surface area contributed by atoms with Crippen LogP contribution in [0.3, 0.4) is 0 Å². The summed E-state index contributed by atoms with van der Waals surface area (Å²) in [5.74, 6) is 0.109. The number of ketones is 1. The summed E-state index contributed by atoms with van der Waals surface area (Å²) < 4.78 is 0. The fourth-order valence-corrected chi connectivity index (χ4v) is 1.69. The first-order chi connectivity index (χ1) is 6.72. The Kier molecular flexibility index (Phi) is 2.30. The van der Waals surface area contributed by atoms with E-state index in [-0.39, 0.29) is 5.78 Å². The highest BCUT2D eigenvalue weighted by Crippen LogP contribution is 2.23. The van der Waals surface area contributed by atoms with Crippen LogP contribution in [0.25, 0.3) is 10.9 Å². The molecule has 2 aromatic rings. The van der Waals surface area contributed by atoms with Gasteiger partial charge < -0.3 is 4.98 Å². The van der Waals surface area contributed by atoms with E-state index in [4.69, 9.17) is 11.6 Å².